The monoisotopic (exact) mass is 441 g/mol. The first-order valence-electron chi connectivity index (χ1n) is 9.96. The van der Waals surface area contributed by atoms with Crippen molar-refractivity contribution in [3.05, 3.63) is 52.0 Å². The maximum atomic E-state index is 13.1. The largest absolute Gasteiger partial charge is 0.339 e. The number of amides is 5. The minimum Gasteiger partial charge on any atom is -0.339 e. The third kappa shape index (κ3) is 4.02. The molecule has 0 saturated carbocycles. The van der Waals surface area contributed by atoms with Crippen LogP contribution in [0, 0.1) is 13.8 Å². The number of nitrogens with one attached hydrogen (secondary N) is 2. The lowest BCUT2D eigenvalue weighted by molar-refractivity contribution is -0.141. The Morgan fingerprint density at radius 1 is 1.19 bits per heavy atom. The van der Waals surface area contributed by atoms with Gasteiger partial charge in [-0.3, -0.25) is 19.7 Å². The number of nitrogens with zero attached hydrogens (tertiary/aromatic N) is 3. The second-order valence-electron chi connectivity index (χ2n) is 7.88. The lowest BCUT2D eigenvalue weighted by Crippen LogP contribution is -2.70. The molecule has 2 N–H and O–H groups in total. The lowest BCUT2D eigenvalue weighted by Gasteiger charge is -2.51. The molecule has 162 valence electrons. The van der Waals surface area contributed by atoms with Crippen molar-refractivity contribution in [3.8, 4) is 0 Å². The van der Waals surface area contributed by atoms with Gasteiger partial charge in [0.1, 0.15) is 12.1 Å². The van der Waals surface area contributed by atoms with E-state index in [4.69, 9.17) is 0 Å². The first-order chi connectivity index (χ1) is 14.8. The molecule has 0 aliphatic carbocycles. The van der Waals surface area contributed by atoms with Crippen LogP contribution in [0.3, 0.4) is 0 Å². The summed E-state index contributed by atoms with van der Waals surface area (Å²) in [7, 11) is 0. The third-order valence-electron chi connectivity index (χ3n) is 5.68. The molecule has 0 unspecified atom stereocenters. The predicted molar refractivity (Wildman–Crippen MR) is 113 cm³/mol. The van der Waals surface area contributed by atoms with Crippen LogP contribution in [0.4, 0.5) is 4.79 Å². The summed E-state index contributed by atoms with van der Waals surface area (Å²) < 4.78 is 4.25. The minimum atomic E-state index is -0.713. The molecule has 1 aromatic carbocycles. The highest BCUT2D eigenvalue weighted by Crippen LogP contribution is 2.33. The molecule has 0 radical (unpaired) electrons. The normalized spacial score (nSPS) is 17.7. The standard InChI is InChI=1S/C21H23N5O4S/c1-13-18(14(2)31-24-13)19(29)23-21(15-6-4-3-5-7-15)11-26(12-21)17(28)10-25-9-8-16(27)22-20(25)30/h3-7H,8-12H2,1-2H3,(H,23,29)(H,22,27,30). The van der Waals surface area contributed by atoms with Crippen LogP contribution in [0.15, 0.2) is 30.3 Å². The Balaban J connectivity index is 1.48. The average Bonchev–Trinajstić information content (AvgIpc) is 3.05. The van der Waals surface area contributed by atoms with Crippen molar-refractivity contribution >= 4 is 35.3 Å². The molecule has 0 spiro atoms. The topological polar surface area (TPSA) is 112 Å². The maximum absolute atomic E-state index is 13.1. The summed E-state index contributed by atoms with van der Waals surface area (Å²) in [5.41, 5.74) is 1.45. The summed E-state index contributed by atoms with van der Waals surface area (Å²) in [6.07, 6.45) is 0.177. The van der Waals surface area contributed by atoms with Gasteiger partial charge in [0.05, 0.1) is 11.3 Å². The summed E-state index contributed by atoms with van der Waals surface area (Å²) in [5, 5.41) is 5.35. The second kappa shape index (κ2) is 8.10. The number of benzene rings is 1. The molecule has 2 saturated heterocycles. The molecule has 5 amide bonds. The molecule has 1 aromatic heterocycles. The van der Waals surface area contributed by atoms with Gasteiger partial charge in [0, 0.05) is 30.9 Å². The van der Waals surface area contributed by atoms with Crippen molar-refractivity contribution in [1.82, 2.24) is 24.8 Å². The number of imide groups is 1. The Hall–Kier alpha value is -3.27. The molecule has 0 atom stereocenters. The third-order valence-corrected chi connectivity index (χ3v) is 6.53. The van der Waals surface area contributed by atoms with Crippen LogP contribution in [0.2, 0.25) is 0 Å². The Kier molecular flexibility index (Phi) is 5.48. The van der Waals surface area contributed by atoms with Gasteiger partial charge in [-0.25, -0.2) is 4.79 Å². The minimum absolute atomic E-state index is 0.107. The Morgan fingerprint density at radius 2 is 1.90 bits per heavy atom. The highest BCUT2D eigenvalue weighted by Gasteiger charge is 2.48. The Labute approximate surface area is 183 Å². The zero-order valence-electron chi connectivity index (χ0n) is 17.3. The van der Waals surface area contributed by atoms with Crippen molar-refractivity contribution in [2.45, 2.75) is 25.8 Å². The number of aromatic nitrogens is 1. The summed E-state index contributed by atoms with van der Waals surface area (Å²) in [4.78, 5) is 52.8. The van der Waals surface area contributed by atoms with Crippen molar-refractivity contribution < 1.29 is 19.2 Å². The maximum Gasteiger partial charge on any atom is 0.324 e. The number of carbonyl (C=O) groups excluding carboxylic acids is 4. The Bertz CT molecular complexity index is 1030. The van der Waals surface area contributed by atoms with E-state index in [-0.39, 0.29) is 37.2 Å². The molecule has 0 bridgehead atoms. The smallest absolute Gasteiger partial charge is 0.324 e. The fourth-order valence-electron chi connectivity index (χ4n) is 3.97. The van der Waals surface area contributed by atoms with Gasteiger partial charge in [-0.05, 0) is 30.9 Å². The van der Waals surface area contributed by atoms with E-state index >= 15 is 0 Å². The number of likely N-dealkylation sites (tertiary alicyclic amines) is 1. The first kappa shape index (κ1) is 21.0. The molecular weight excluding hydrogens is 418 g/mol. The van der Waals surface area contributed by atoms with E-state index in [1.807, 2.05) is 37.3 Å². The van der Waals surface area contributed by atoms with Crippen molar-refractivity contribution in [2.24, 2.45) is 0 Å². The fourth-order valence-corrected chi connectivity index (χ4v) is 4.67. The predicted octanol–water partition coefficient (Wildman–Crippen LogP) is 1.17. The van der Waals surface area contributed by atoms with Gasteiger partial charge in [0.2, 0.25) is 11.8 Å². The molecule has 4 rings (SSSR count). The van der Waals surface area contributed by atoms with E-state index in [1.165, 1.54) is 16.4 Å². The molecule has 2 aromatic rings. The summed E-state index contributed by atoms with van der Waals surface area (Å²) >= 11 is 1.29. The van der Waals surface area contributed by atoms with Gasteiger partial charge in [-0.15, -0.1) is 0 Å². The number of rotatable bonds is 5. The lowest BCUT2D eigenvalue weighted by atomic mass is 9.81. The van der Waals surface area contributed by atoms with Crippen LogP contribution in [-0.2, 0) is 15.1 Å². The van der Waals surface area contributed by atoms with Crippen LogP contribution in [0.1, 0.15) is 32.9 Å². The SMILES string of the molecule is Cc1nsc(C)c1C(=O)NC1(c2ccccc2)CN(C(=O)CN2CCC(=O)NC2=O)C1. The Morgan fingerprint density at radius 3 is 2.52 bits per heavy atom. The number of urea groups is 1. The van der Waals surface area contributed by atoms with Crippen molar-refractivity contribution in [2.75, 3.05) is 26.2 Å². The molecule has 2 aliphatic rings. The van der Waals surface area contributed by atoms with Gasteiger partial charge >= 0.3 is 6.03 Å². The van der Waals surface area contributed by atoms with E-state index in [2.05, 4.69) is 15.0 Å². The van der Waals surface area contributed by atoms with E-state index in [0.717, 1.165) is 10.4 Å². The summed E-state index contributed by atoms with van der Waals surface area (Å²) in [6.45, 7) is 4.37. The molecule has 3 heterocycles. The van der Waals surface area contributed by atoms with E-state index < -0.39 is 11.6 Å². The van der Waals surface area contributed by atoms with Crippen LogP contribution < -0.4 is 10.6 Å². The zero-order chi connectivity index (χ0) is 22.2. The van der Waals surface area contributed by atoms with E-state index in [1.54, 1.807) is 11.8 Å². The molecule has 2 fully saturated rings. The van der Waals surface area contributed by atoms with Gasteiger partial charge in [-0.1, -0.05) is 30.3 Å². The van der Waals surface area contributed by atoms with Gasteiger partial charge in [-0.2, -0.15) is 4.37 Å². The highest BCUT2D eigenvalue weighted by molar-refractivity contribution is 7.06. The number of aryl methyl sites for hydroxylation is 2. The highest BCUT2D eigenvalue weighted by atomic mass is 32.1. The van der Waals surface area contributed by atoms with Crippen molar-refractivity contribution in [1.29, 1.82) is 0 Å². The molecular formula is C21H23N5O4S. The van der Waals surface area contributed by atoms with E-state index in [9.17, 15) is 19.2 Å². The van der Waals surface area contributed by atoms with Crippen LogP contribution in [0.5, 0.6) is 0 Å². The zero-order valence-corrected chi connectivity index (χ0v) is 18.1. The molecule has 2 aliphatic heterocycles. The number of hydrogen-bond acceptors (Lipinski definition) is 6. The van der Waals surface area contributed by atoms with Crippen LogP contribution in [-0.4, -0.2) is 64.1 Å². The quantitative estimate of drug-likeness (QED) is 0.724. The second-order valence-corrected chi connectivity index (χ2v) is 8.85. The summed E-state index contributed by atoms with van der Waals surface area (Å²) in [6, 6.07) is 8.99. The van der Waals surface area contributed by atoms with Gasteiger partial charge in [0.15, 0.2) is 0 Å². The molecule has 9 nitrogen and oxygen atoms in total. The summed E-state index contributed by atoms with van der Waals surface area (Å²) in [5.74, 6) is -0.777. The average molecular weight is 442 g/mol. The van der Waals surface area contributed by atoms with E-state index in [0.29, 0.717) is 24.3 Å². The van der Waals surface area contributed by atoms with Gasteiger partial charge in [0.25, 0.3) is 5.91 Å². The fraction of sp³-hybridized carbons (Fsp3) is 0.381. The van der Waals surface area contributed by atoms with Crippen LogP contribution >= 0.6 is 11.5 Å². The van der Waals surface area contributed by atoms with Crippen molar-refractivity contribution in [3.63, 3.8) is 0 Å². The number of hydrogen-bond donors (Lipinski definition) is 2. The molecule has 31 heavy (non-hydrogen) atoms. The first-order valence-corrected chi connectivity index (χ1v) is 10.7. The molecule has 10 heteroatoms. The van der Waals surface area contributed by atoms with Gasteiger partial charge < -0.3 is 15.1 Å². The number of carbonyl (C=O) groups is 4. The van der Waals surface area contributed by atoms with Crippen LogP contribution in [0.25, 0.3) is 0 Å².